The van der Waals surface area contributed by atoms with Gasteiger partial charge in [0, 0.05) is 6.54 Å². The highest BCUT2D eigenvalue weighted by atomic mass is 35.5. The van der Waals surface area contributed by atoms with Gasteiger partial charge in [0.15, 0.2) is 0 Å². The Morgan fingerprint density at radius 1 is 1.50 bits per heavy atom. The Morgan fingerprint density at radius 3 is 2.81 bits per heavy atom. The molecule has 0 aromatic heterocycles. The van der Waals surface area contributed by atoms with Gasteiger partial charge < -0.3 is 15.2 Å². The number of halogens is 1. The Kier molecular flexibility index (Phi) is 3.38. The zero-order chi connectivity index (χ0) is 11.6. The van der Waals surface area contributed by atoms with Crippen molar-refractivity contribution in [3.63, 3.8) is 0 Å². The van der Waals surface area contributed by atoms with Crippen LogP contribution < -0.4 is 5.32 Å². The first-order valence-corrected chi connectivity index (χ1v) is 5.72. The number of aliphatic hydroxyl groups excluding tert-OH is 1. The van der Waals surface area contributed by atoms with Crippen LogP contribution in [0.2, 0.25) is 5.02 Å². The summed E-state index contributed by atoms with van der Waals surface area (Å²) in [6.45, 7) is 4.03. The molecule has 88 valence electrons. The average Bonchev–Trinajstić information content (AvgIpc) is 2.23. The molecule has 2 N–H and O–H groups in total. The normalized spacial score (nSPS) is 17.9. The van der Waals surface area contributed by atoms with Gasteiger partial charge in [-0.1, -0.05) is 23.7 Å². The average molecular weight is 242 g/mol. The van der Waals surface area contributed by atoms with Crippen molar-refractivity contribution < 1.29 is 9.84 Å². The number of benzene rings is 1. The summed E-state index contributed by atoms with van der Waals surface area (Å²) in [6.07, 6.45) is 0. The summed E-state index contributed by atoms with van der Waals surface area (Å²) in [5, 5.41) is 13.3. The molecule has 0 atom stereocenters. The predicted octanol–water partition coefficient (Wildman–Crippen LogP) is 2.07. The molecule has 1 heterocycles. The van der Waals surface area contributed by atoms with Crippen LogP contribution in [0.3, 0.4) is 0 Å². The maximum Gasteiger partial charge on any atom is 0.0666 e. The van der Waals surface area contributed by atoms with Gasteiger partial charge in [-0.25, -0.2) is 0 Å². The Morgan fingerprint density at radius 2 is 2.25 bits per heavy atom. The molecule has 0 radical (unpaired) electrons. The molecular formula is C12H16ClNO2. The van der Waals surface area contributed by atoms with Crippen LogP contribution in [0.5, 0.6) is 0 Å². The van der Waals surface area contributed by atoms with Gasteiger partial charge in [-0.15, -0.1) is 0 Å². The van der Waals surface area contributed by atoms with Crippen molar-refractivity contribution >= 4 is 17.3 Å². The predicted molar refractivity (Wildman–Crippen MR) is 65.0 cm³/mol. The lowest BCUT2D eigenvalue weighted by atomic mass is 9.87. The molecule has 1 aliphatic heterocycles. The van der Waals surface area contributed by atoms with Crippen molar-refractivity contribution in [1.29, 1.82) is 0 Å². The summed E-state index contributed by atoms with van der Waals surface area (Å²) in [4.78, 5) is 0. The highest BCUT2D eigenvalue weighted by Crippen LogP contribution is 2.30. The van der Waals surface area contributed by atoms with Crippen LogP contribution in [-0.2, 0) is 4.74 Å². The molecule has 0 unspecified atom stereocenters. The van der Waals surface area contributed by atoms with E-state index in [0.29, 0.717) is 19.8 Å². The first kappa shape index (κ1) is 11.7. The van der Waals surface area contributed by atoms with E-state index in [-0.39, 0.29) is 12.0 Å². The molecule has 0 aliphatic carbocycles. The standard InChI is InChI=1S/C12H16ClNO2/c1-9-3-2-4-10(11(9)13)14-5-12(6-15)7-16-8-12/h2-4,14-15H,5-8H2,1H3. The third-order valence-corrected chi connectivity index (χ3v) is 3.50. The second-order valence-electron chi connectivity index (χ2n) is 4.44. The van der Waals surface area contributed by atoms with E-state index >= 15 is 0 Å². The van der Waals surface area contributed by atoms with Gasteiger partial charge in [-0.05, 0) is 18.6 Å². The number of aliphatic hydroxyl groups is 1. The molecule has 0 spiro atoms. The van der Waals surface area contributed by atoms with Crippen molar-refractivity contribution in [2.45, 2.75) is 6.92 Å². The summed E-state index contributed by atoms with van der Waals surface area (Å²) >= 11 is 6.17. The highest BCUT2D eigenvalue weighted by molar-refractivity contribution is 6.33. The van der Waals surface area contributed by atoms with E-state index in [0.717, 1.165) is 16.3 Å². The quantitative estimate of drug-likeness (QED) is 0.848. The summed E-state index contributed by atoms with van der Waals surface area (Å²) in [5.74, 6) is 0. The second kappa shape index (κ2) is 4.62. The molecule has 0 bridgehead atoms. The molecule has 1 saturated heterocycles. The molecule has 3 nitrogen and oxygen atoms in total. The molecule has 16 heavy (non-hydrogen) atoms. The lowest BCUT2D eigenvalue weighted by Crippen LogP contribution is -2.50. The summed E-state index contributed by atoms with van der Waals surface area (Å²) in [7, 11) is 0. The molecule has 1 fully saturated rings. The van der Waals surface area contributed by atoms with Gasteiger partial charge in [0.05, 0.1) is 35.9 Å². The molecule has 1 aromatic carbocycles. The van der Waals surface area contributed by atoms with E-state index in [9.17, 15) is 5.11 Å². The van der Waals surface area contributed by atoms with Crippen LogP contribution in [0.15, 0.2) is 18.2 Å². The lowest BCUT2D eigenvalue weighted by Gasteiger charge is -2.40. The fourth-order valence-corrected chi connectivity index (χ4v) is 1.90. The molecule has 0 saturated carbocycles. The number of hydrogen-bond acceptors (Lipinski definition) is 3. The largest absolute Gasteiger partial charge is 0.396 e. The molecule has 1 aliphatic rings. The molecule has 2 rings (SSSR count). The number of rotatable bonds is 4. The van der Waals surface area contributed by atoms with E-state index < -0.39 is 0 Å². The van der Waals surface area contributed by atoms with Gasteiger partial charge in [0.2, 0.25) is 0 Å². The highest BCUT2D eigenvalue weighted by Gasteiger charge is 2.37. The first-order valence-electron chi connectivity index (χ1n) is 5.34. The topological polar surface area (TPSA) is 41.5 Å². The monoisotopic (exact) mass is 241 g/mol. The van der Waals surface area contributed by atoms with Crippen LogP contribution >= 0.6 is 11.6 Å². The van der Waals surface area contributed by atoms with Crippen molar-refractivity contribution in [3.8, 4) is 0 Å². The van der Waals surface area contributed by atoms with Crippen molar-refractivity contribution in [1.82, 2.24) is 0 Å². The van der Waals surface area contributed by atoms with Crippen LogP contribution in [0.1, 0.15) is 5.56 Å². The maximum atomic E-state index is 9.29. The molecular weight excluding hydrogens is 226 g/mol. The van der Waals surface area contributed by atoms with E-state index in [1.54, 1.807) is 0 Å². The van der Waals surface area contributed by atoms with Crippen molar-refractivity contribution in [2.75, 3.05) is 31.7 Å². The van der Waals surface area contributed by atoms with Crippen LogP contribution in [0, 0.1) is 12.3 Å². The maximum absolute atomic E-state index is 9.29. The molecule has 4 heteroatoms. The minimum atomic E-state index is -0.132. The minimum Gasteiger partial charge on any atom is -0.396 e. The lowest BCUT2D eigenvalue weighted by molar-refractivity contribution is -0.128. The van der Waals surface area contributed by atoms with Crippen LogP contribution in [-0.4, -0.2) is 31.5 Å². The number of hydrogen-bond donors (Lipinski definition) is 2. The number of nitrogens with one attached hydrogen (secondary N) is 1. The van der Waals surface area contributed by atoms with Gasteiger partial charge in [-0.2, -0.15) is 0 Å². The van der Waals surface area contributed by atoms with E-state index in [4.69, 9.17) is 16.3 Å². The smallest absolute Gasteiger partial charge is 0.0666 e. The van der Waals surface area contributed by atoms with E-state index in [2.05, 4.69) is 5.32 Å². The zero-order valence-corrected chi connectivity index (χ0v) is 10.0. The molecule has 1 aromatic rings. The number of anilines is 1. The van der Waals surface area contributed by atoms with Crippen molar-refractivity contribution in [2.24, 2.45) is 5.41 Å². The van der Waals surface area contributed by atoms with Crippen molar-refractivity contribution in [3.05, 3.63) is 28.8 Å². The molecule has 0 amide bonds. The SMILES string of the molecule is Cc1cccc(NCC2(CO)COC2)c1Cl. The van der Waals surface area contributed by atoms with E-state index in [1.807, 2.05) is 25.1 Å². The summed E-state index contributed by atoms with van der Waals surface area (Å²) in [6, 6.07) is 5.88. The fraction of sp³-hybridized carbons (Fsp3) is 0.500. The second-order valence-corrected chi connectivity index (χ2v) is 4.82. The third-order valence-electron chi connectivity index (χ3n) is 3.00. The fourth-order valence-electron chi connectivity index (χ4n) is 1.71. The Balaban J connectivity index is 2.02. The summed E-state index contributed by atoms with van der Waals surface area (Å²) < 4.78 is 5.14. The third kappa shape index (κ3) is 2.17. The van der Waals surface area contributed by atoms with Gasteiger partial charge in [0.25, 0.3) is 0 Å². The van der Waals surface area contributed by atoms with Gasteiger partial charge in [0.1, 0.15) is 0 Å². The summed E-state index contributed by atoms with van der Waals surface area (Å²) in [5.41, 5.74) is 1.84. The van der Waals surface area contributed by atoms with Gasteiger partial charge in [-0.3, -0.25) is 0 Å². The number of aryl methyl sites for hydroxylation is 1. The van der Waals surface area contributed by atoms with Gasteiger partial charge >= 0.3 is 0 Å². The first-order chi connectivity index (χ1) is 7.67. The van der Waals surface area contributed by atoms with Crippen LogP contribution in [0.25, 0.3) is 0 Å². The van der Waals surface area contributed by atoms with E-state index in [1.165, 1.54) is 0 Å². The Bertz CT molecular complexity index is 372. The Labute approximate surface area is 100 Å². The zero-order valence-electron chi connectivity index (χ0n) is 9.29. The van der Waals surface area contributed by atoms with Crippen LogP contribution in [0.4, 0.5) is 5.69 Å². The minimum absolute atomic E-state index is 0.132. The number of ether oxygens (including phenoxy) is 1. The Hall–Kier alpha value is -0.770.